The highest BCUT2D eigenvalue weighted by molar-refractivity contribution is 6.00. The van der Waals surface area contributed by atoms with Gasteiger partial charge >= 0.3 is 0 Å². The fourth-order valence-electron chi connectivity index (χ4n) is 3.55. The Bertz CT molecular complexity index is 1200. The Morgan fingerprint density at radius 3 is 2.44 bits per heavy atom. The van der Waals surface area contributed by atoms with E-state index in [4.69, 9.17) is 16.2 Å². The number of ether oxygens (including phenoxy) is 1. The number of anilines is 1. The molecular weight excluding hydrogens is 410 g/mol. The highest BCUT2D eigenvalue weighted by Crippen LogP contribution is 2.19. The molecule has 3 rings (SSSR count). The van der Waals surface area contributed by atoms with Crippen LogP contribution >= 0.6 is 0 Å². The van der Waals surface area contributed by atoms with Gasteiger partial charge in [-0.05, 0) is 30.2 Å². The molecule has 0 spiro atoms. The van der Waals surface area contributed by atoms with Gasteiger partial charge in [-0.15, -0.1) is 0 Å². The first-order chi connectivity index (χ1) is 15.3. The summed E-state index contributed by atoms with van der Waals surface area (Å²) < 4.78 is 6.54. The van der Waals surface area contributed by atoms with Gasteiger partial charge in [0.2, 0.25) is 11.3 Å². The molecule has 0 aliphatic heterocycles. The number of amides is 2. The first-order valence-corrected chi connectivity index (χ1v) is 10.3. The lowest BCUT2D eigenvalue weighted by molar-refractivity contribution is -0.120. The van der Waals surface area contributed by atoms with Crippen LogP contribution in [0.3, 0.4) is 0 Å². The van der Waals surface area contributed by atoms with E-state index < -0.39 is 11.3 Å². The molecule has 9 heteroatoms. The zero-order valence-electron chi connectivity index (χ0n) is 18.2. The van der Waals surface area contributed by atoms with Gasteiger partial charge in [0.15, 0.2) is 0 Å². The Hall–Kier alpha value is -3.72. The number of carbonyl (C=O) groups excluding carboxylic acids is 2. The minimum absolute atomic E-state index is 0.0234. The molecule has 0 aliphatic carbocycles. The topological polar surface area (TPSA) is 142 Å². The number of benzene rings is 1. The van der Waals surface area contributed by atoms with Crippen molar-refractivity contribution in [3.63, 3.8) is 0 Å². The largest absolute Gasteiger partial charge is 0.384 e. The number of primary amides is 1. The fourth-order valence-corrected chi connectivity index (χ4v) is 3.55. The third kappa shape index (κ3) is 4.94. The van der Waals surface area contributed by atoms with Gasteiger partial charge in [-0.25, -0.2) is 4.98 Å². The van der Waals surface area contributed by atoms with Crippen LogP contribution in [0.2, 0.25) is 0 Å². The van der Waals surface area contributed by atoms with Crippen molar-refractivity contribution in [2.75, 3.05) is 26.0 Å². The molecule has 3 aromatic rings. The van der Waals surface area contributed by atoms with Crippen molar-refractivity contribution < 1.29 is 14.3 Å². The summed E-state index contributed by atoms with van der Waals surface area (Å²) in [5.74, 6) is -0.889. The quantitative estimate of drug-likeness (QED) is 0.426. The lowest BCUT2D eigenvalue weighted by atomic mass is 10.0. The molecule has 0 radical (unpaired) electrons. The molecule has 1 aromatic carbocycles. The standard InChI is InChI=1S/C23H27N5O4/c1-3-28-21(24)19(22(25)31)20(30)17-9-8-16(27-23(17)28)12-14-4-6-15(7-5-14)13-18(29)26-10-11-32-2/h4-9H,3,10-13,24H2,1-2H3,(H2,25,31)(H,26,29). The number of nitrogens with zero attached hydrogens (tertiary/aromatic N) is 2. The maximum Gasteiger partial charge on any atom is 0.256 e. The van der Waals surface area contributed by atoms with E-state index in [9.17, 15) is 14.4 Å². The van der Waals surface area contributed by atoms with Crippen LogP contribution in [0.5, 0.6) is 0 Å². The Labute approximate surface area is 185 Å². The minimum Gasteiger partial charge on any atom is -0.384 e. The second-order valence-corrected chi connectivity index (χ2v) is 7.38. The second-order valence-electron chi connectivity index (χ2n) is 7.38. The lowest BCUT2D eigenvalue weighted by Gasteiger charge is -2.15. The molecule has 9 nitrogen and oxygen atoms in total. The number of rotatable bonds is 9. The van der Waals surface area contributed by atoms with Crippen LogP contribution in [-0.4, -0.2) is 41.6 Å². The smallest absolute Gasteiger partial charge is 0.256 e. The van der Waals surface area contributed by atoms with Gasteiger partial charge in [-0.2, -0.15) is 0 Å². The number of pyridine rings is 2. The van der Waals surface area contributed by atoms with Gasteiger partial charge < -0.3 is 26.1 Å². The van der Waals surface area contributed by atoms with Crippen molar-refractivity contribution in [1.82, 2.24) is 14.9 Å². The molecule has 0 saturated heterocycles. The van der Waals surface area contributed by atoms with E-state index in [2.05, 4.69) is 10.3 Å². The number of aromatic nitrogens is 2. The summed E-state index contributed by atoms with van der Waals surface area (Å²) in [4.78, 5) is 40.9. The normalized spacial score (nSPS) is 10.9. The molecule has 0 atom stereocenters. The fraction of sp³-hybridized carbons (Fsp3) is 0.304. The summed E-state index contributed by atoms with van der Waals surface area (Å²) in [7, 11) is 1.59. The molecule has 2 aromatic heterocycles. The molecule has 32 heavy (non-hydrogen) atoms. The number of hydrogen-bond acceptors (Lipinski definition) is 6. The third-order valence-corrected chi connectivity index (χ3v) is 5.17. The Morgan fingerprint density at radius 1 is 1.12 bits per heavy atom. The van der Waals surface area contributed by atoms with Crippen LogP contribution in [0.15, 0.2) is 41.2 Å². The zero-order valence-corrected chi connectivity index (χ0v) is 18.2. The number of fused-ring (bicyclic) bond motifs is 1. The summed E-state index contributed by atoms with van der Waals surface area (Å²) in [5, 5.41) is 3.09. The van der Waals surface area contributed by atoms with Crippen LogP contribution in [0, 0.1) is 0 Å². The van der Waals surface area contributed by atoms with E-state index in [1.54, 1.807) is 23.8 Å². The molecule has 2 amide bonds. The van der Waals surface area contributed by atoms with E-state index in [-0.39, 0.29) is 17.3 Å². The minimum atomic E-state index is -0.854. The van der Waals surface area contributed by atoms with Crippen LogP contribution in [-0.2, 0) is 28.9 Å². The molecule has 168 valence electrons. The molecule has 0 bridgehead atoms. The van der Waals surface area contributed by atoms with E-state index in [1.807, 2.05) is 31.2 Å². The molecule has 2 heterocycles. The van der Waals surface area contributed by atoms with Crippen molar-refractivity contribution >= 4 is 28.7 Å². The van der Waals surface area contributed by atoms with Gasteiger partial charge in [0.1, 0.15) is 17.0 Å². The zero-order chi connectivity index (χ0) is 23.3. The Balaban J connectivity index is 1.82. The first kappa shape index (κ1) is 23.0. The molecule has 0 saturated carbocycles. The van der Waals surface area contributed by atoms with E-state index in [1.165, 1.54) is 0 Å². The molecule has 5 N–H and O–H groups in total. The summed E-state index contributed by atoms with van der Waals surface area (Å²) in [6.07, 6.45) is 0.827. The molecular formula is C23H27N5O4. The Kier molecular flexibility index (Phi) is 7.21. The van der Waals surface area contributed by atoms with Crippen molar-refractivity contribution in [3.05, 3.63) is 69.0 Å². The third-order valence-electron chi connectivity index (χ3n) is 5.17. The van der Waals surface area contributed by atoms with E-state index in [0.29, 0.717) is 43.6 Å². The predicted molar refractivity (Wildman–Crippen MR) is 122 cm³/mol. The number of nitrogen functional groups attached to an aromatic ring is 1. The summed E-state index contributed by atoms with van der Waals surface area (Å²) in [5.41, 5.74) is 13.7. The first-order valence-electron chi connectivity index (χ1n) is 10.3. The predicted octanol–water partition coefficient (Wildman–Crippen LogP) is 0.993. The van der Waals surface area contributed by atoms with Gasteiger partial charge in [0.25, 0.3) is 5.91 Å². The average Bonchev–Trinajstić information content (AvgIpc) is 2.75. The van der Waals surface area contributed by atoms with Crippen molar-refractivity contribution in [1.29, 1.82) is 0 Å². The van der Waals surface area contributed by atoms with Gasteiger partial charge in [0, 0.05) is 32.3 Å². The van der Waals surface area contributed by atoms with E-state index >= 15 is 0 Å². The van der Waals surface area contributed by atoms with Crippen LogP contribution in [0.4, 0.5) is 5.82 Å². The monoisotopic (exact) mass is 437 g/mol. The van der Waals surface area contributed by atoms with Crippen molar-refractivity contribution in [2.45, 2.75) is 26.3 Å². The average molecular weight is 438 g/mol. The van der Waals surface area contributed by atoms with Crippen molar-refractivity contribution in [2.24, 2.45) is 5.73 Å². The lowest BCUT2D eigenvalue weighted by Crippen LogP contribution is -2.28. The number of nitrogens with two attached hydrogens (primary N) is 2. The maximum absolute atomic E-state index is 12.7. The summed E-state index contributed by atoms with van der Waals surface area (Å²) in [6.45, 7) is 3.24. The SMILES string of the molecule is CCn1c(N)c(C(N)=O)c(=O)c2ccc(Cc3ccc(CC(=O)NCCOC)cc3)nc21. The molecule has 0 unspecified atom stereocenters. The number of carbonyl (C=O) groups is 2. The number of nitrogens with one attached hydrogen (secondary N) is 1. The van der Waals surface area contributed by atoms with Gasteiger partial charge in [-0.1, -0.05) is 24.3 Å². The molecule has 0 aliphatic rings. The number of hydrogen-bond donors (Lipinski definition) is 3. The van der Waals surface area contributed by atoms with Gasteiger partial charge in [-0.3, -0.25) is 14.4 Å². The van der Waals surface area contributed by atoms with Gasteiger partial charge in [0.05, 0.1) is 18.4 Å². The molecule has 0 fully saturated rings. The van der Waals surface area contributed by atoms with Crippen LogP contribution in [0.1, 0.15) is 34.1 Å². The highest BCUT2D eigenvalue weighted by atomic mass is 16.5. The summed E-state index contributed by atoms with van der Waals surface area (Å²) in [6, 6.07) is 11.1. The Morgan fingerprint density at radius 2 is 1.81 bits per heavy atom. The second kappa shape index (κ2) is 10.1. The van der Waals surface area contributed by atoms with Crippen molar-refractivity contribution in [3.8, 4) is 0 Å². The van der Waals surface area contributed by atoms with Crippen LogP contribution in [0.25, 0.3) is 11.0 Å². The highest BCUT2D eigenvalue weighted by Gasteiger charge is 2.19. The number of methoxy groups -OCH3 is 1. The maximum atomic E-state index is 12.7. The van der Waals surface area contributed by atoms with E-state index in [0.717, 1.165) is 16.8 Å². The number of aryl methyl sites for hydroxylation is 1. The van der Waals surface area contributed by atoms with Crippen LogP contribution < -0.4 is 22.2 Å². The summed E-state index contributed by atoms with van der Waals surface area (Å²) >= 11 is 0.